The predicted octanol–water partition coefficient (Wildman–Crippen LogP) is 3.16. The van der Waals surface area contributed by atoms with Crippen molar-refractivity contribution >= 4 is 0 Å². The number of aryl methyl sites for hydroxylation is 2. The van der Waals surface area contributed by atoms with Crippen molar-refractivity contribution in [1.82, 2.24) is 4.57 Å². The van der Waals surface area contributed by atoms with Gasteiger partial charge in [0.15, 0.2) is 0 Å². The SMILES string of the molecule is COc1cccc(Cn2c(C)ccc2C)c1. The first-order valence-electron chi connectivity index (χ1n) is 5.46. The van der Waals surface area contributed by atoms with Crippen molar-refractivity contribution in [3.8, 4) is 5.75 Å². The van der Waals surface area contributed by atoms with Crippen LogP contribution >= 0.6 is 0 Å². The van der Waals surface area contributed by atoms with Gasteiger partial charge in [-0.05, 0) is 43.7 Å². The van der Waals surface area contributed by atoms with Crippen LogP contribution in [0.15, 0.2) is 36.4 Å². The van der Waals surface area contributed by atoms with Crippen LogP contribution < -0.4 is 4.74 Å². The average Bonchev–Trinajstić information content (AvgIpc) is 2.61. The highest BCUT2D eigenvalue weighted by atomic mass is 16.5. The Bertz CT molecular complexity index is 466. The van der Waals surface area contributed by atoms with E-state index in [-0.39, 0.29) is 0 Å². The summed E-state index contributed by atoms with van der Waals surface area (Å²) in [4.78, 5) is 0. The molecule has 0 atom stereocenters. The van der Waals surface area contributed by atoms with Gasteiger partial charge < -0.3 is 9.30 Å². The highest BCUT2D eigenvalue weighted by Gasteiger charge is 2.02. The first-order valence-corrected chi connectivity index (χ1v) is 5.46. The molecule has 0 amide bonds. The topological polar surface area (TPSA) is 14.2 Å². The van der Waals surface area contributed by atoms with E-state index in [0.717, 1.165) is 12.3 Å². The summed E-state index contributed by atoms with van der Waals surface area (Å²) in [7, 11) is 1.70. The molecule has 0 unspecified atom stereocenters. The second kappa shape index (κ2) is 4.44. The smallest absolute Gasteiger partial charge is 0.119 e. The molecule has 1 aromatic heterocycles. The van der Waals surface area contributed by atoms with Crippen molar-refractivity contribution in [2.75, 3.05) is 7.11 Å². The van der Waals surface area contributed by atoms with E-state index in [0.29, 0.717) is 0 Å². The van der Waals surface area contributed by atoms with E-state index in [1.165, 1.54) is 17.0 Å². The van der Waals surface area contributed by atoms with Crippen LogP contribution in [0.4, 0.5) is 0 Å². The van der Waals surface area contributed by atoms with E-state index in [1.54, 1.807) is 7.11 Å². The normalized spacial score (nSPS) is 10.4. The summed E-state index contributed by atoms with van der Waals surface area (Å²) in [5, 5.41) is 0. The summed E-state index contributed by atoms with van der Waals surface area (Å²) in [6.07, 6.45) is 0. The second-order valence-electron chi connectivity index (χ2n) is 4.05. The van der Waals surface area contributed by atoms with E-state index >= 15 is 0 Å². The molecule has 0 spiro atoms. The highest BCUT2D eigenvalue weighted by Crippen LogP contribution is 2.16. The standard InChI is InChI=1S/C14H17NO/c1-11-7-8-12(2)15(11)10-13-5-4-6-14(9-13)16-3/h4-9H,10H2,1-3H3. The molecule has 2 heteroatoms. The lowest BCUT2D eigenvalue weighted by Gasteiger charge is -2.10. The van der Waals surface area contributed by atoms with E-state index in [1.807, 2.05) is 12.1 Å². The quantitative estimate of drug-likeness (QED) is 0.767. The summed E-state index contributed by atoms with van der Waals surface area (Å²) in [6.45, 7) is 5.17. The number of hydrogen-bond donors (Lipinski definition) is 0. The fourth-order valence-electron chi connectivity index (χ4n) is 1.90. The van der Waals surface area contributed by atoms with E-state index in [2.05, 4.69) is 42.7 Å². The molecule has 0 saturated heterocycles. The Kier molecular flexibility index (Phi) is 3.00. The summed E-state index contributed by atoms with van der Waals surface area (Å²) < 4.78 is 7.53. The molecular formula is C14H17NO. The first-order chi connectivity index (χ1) is 7.70. The molecule has 2 nitrogen and oxygen atoms in total. The molecule has 1 heterocycles. The molecule has 1 aromatic carbocycles. The van der Waals surface area contributed by atoms with Crippen LogP contribution in [0.3, 0.4) is 0 Å². The summed E-state index contributed by atoms with van der Waals surface area (Å²) in [6, 6.07) is 12.5. The molecule has 0 saturated carbocycles. The maximum absolute atomic E-state index is 5.23. The Hall–Kier alpha value is -1.70. The maximum atomic E-state index is 5.23. The molecular weight excluding hydrogens is 198 g/mol. The lowest BCUT2D eigenvalue weighted by atomic mass is 10.2. The molecule has 0 N–H and O–H groups in total. The molecule has 2 rings (SSSR count). The third-order valence-electron chi connectivity index (χ3n) is 2.89. The number of rotatable bonds is 3. The van der Waals surface area contributed by atoms with Gasteiger partial charge in [0, 0.05) is 17.9 Å². The lowest BCUT2D eigenvalue weighted by Crippen LogP contribution is -2.03. The third kappa shape index (κ3) is 2.11. The Morgan fingerprint density at radius 3 is 2.38 bits per heavy atom. The zero-order valence-corrected chi connectivity index (χ0v) is 10.0. The Labute approximate surface area is 96.5 Å². The van der Waals surface area contributed by atoms with Crippen LogP contribution in [0.25, 0.3) is 0 Å². The fourth-order valence-corrected chi connectivity index (χ4v) is 1.90. The zero-order valence-electron chi connectivity index (χ0n) is 10.0. The minimum atomic E-state index is 0.905. The van der Waals surface area contributed by atoms with Gasteiger partial charge in [-0.3, -0.25) is 0 Å². The molecule has 0 radical (unpaired) electrons. The second-order valence-corrected chi connectivity index (χ2v) is 4.05. The maximum Gasteiger partial charge on any atom is 0.119 e. The van der Waals surface area contributed by atoms with Crippen LogP contribution in [-0.2, 0) is 6.54 Å². The minimum Gasteiger partial charge on any atom is -0.497 e. The van der Waals surface area contributed by atoms with Crippen molar-refractivity contribution in [1.29, 1.82) is 0 Å². The van der Waals surface area contributed by atoms with Gasteiger partial charge in [0.25, 0.3) is 0 Å². The molecule has 0 aliphatic rings. The molecule has 2 aromatic rings. The van der Waals surface area contributed by atoms with Gasteiger partial charge in [0.1, 0.15) is 5.75 Å². The molecule has 0 aliphatic carbocycles. The summed E-state index contributed by atoms with van der Waals surface area (Å²) in [5.41, 5.74) is 3.85. The number of ether oxygens (including phenoxy) is 1. The minimum absolute atomic E-state index is 0.905. The van der Waals surface area contributed by atoms with Gasteiger partial charge in [-0.15, -0.1) is 0 Å². The molecule has 0 aliphatic heterocycles. The van der Waals surface area contributed by atoms with E-state index in [9.17, 15) is 0 Å². The summed E-state index contributed by atoms with van der Waals surface area (Å²) in [5.74, 6) is 0.917. The molecule has 0 fully saturated rings. The zero-order chi connectivity index (χ0) is 11.5. The predicted molar refractivity (Wildman–Crippen MR) is 66.0 cm³/mol. The van der Waals surface area contributed by atoms with Crippen LogP contribution in [0.5, 0.6) is 5.75 Å². The van der Waals surface area contributed by atoms with Crippen LogP contribution in [-0.4, -0.2) is 11.7 Å². The number of nitrogens with zero attached hydrogens (tertiary/aromatic N) is 1. The Balaban J connectivity index is 2.27. The fraction of sp³-hybridized carbons (Fsp3) is 0.286. The van der Waals surface area contributed by atoms with Gasteiger partial charge in [-0.25, -0.2) is 0 Å². The van der Waals surface area contributed by atoms with Crippen molar-refractivity contribution in [2.45, 2.75) is 20.4 Å². The molecule has 84 valence electrons. The largest absolute Gasteiger partial charge is 0.497 e. The summed E-state index contributed by atoms with van der Waals surface area (Å²) >= 11 is 0. The van der Waals surface area contributed by atoms with Gasteiger partial charge >= 0.3 is 0 Å². The van der Waals surface area contributed by atoms with E-state index < -0.39 is 0 Å². The molecule has 0 bridgehead atoms. The Morgan fingerprint density at radius 1 is 1.06 bits per heavy atom. The number of benzene rings is 1. The lowest BCUT2D eigenvalue weighted by molar-refractivity contribution is 0.414. The monoisotopic (exact) mass is 215 g/mol. The number of methoxy groups -OCH3 is 1. The van der Waals surface area contributed by atoms with E-state index in [4.69, 9.17) is 4.74 Å². The van der Waals surface area contributed by atoms with Crippen LogP contribution in [0, 0.1) is 13.8 Å². The molecule has 16 heavy (non-hydrogen) atoms. The Morgan fingerprint density at radius 2 is 1.75 bits per heavy atom. The van der Waals surface area contributed by atoms with Gasteiger partial charge in [-0.2, -0.15) is 0 Å². The average molecular weight is 215 g/mol. The highest BCUT2D eigenvalue weighted by molar-refractivity contribution is 5.29. The first kappa shape index (κ1) is 10.8. The number of aromatic nitrogens is 1. The van der Waals surface area contributed by atoms with Gasteiger partial charge in [-0.1, -0.05) is 12.1 Å². The van der Waals surface area contributed by atoms with Crippen molar-refractivity contribution in [3.05, 3.63) is 53.3 Å². The van der Waals surface area contributed by atoms with Gasteiger partial charge in [0.2, 0.25) is 0 Å². The number of hydrogen-bond acceptors (Lipinski definition) is 1. The van der Waals surface area contributed by atoms with Crippen molar-refractivity contribution < 1.29 is 4.74 Å². The third-order valence-corrected chi connectivity index (χ3v) is 2.89. The van der Waals surface area contributed by atoms with Crippen LogP contribution in [0.1, 0.15) is 17.0 Å². The van der Waals surface area contributed by atoms with Crippen LogP contribution in [0.2, 0.25) is 0 Å². The van der Waals surface area contributed by atoms with Crippen molar-refractivity contribution in [2.24, 2.45) is 0 Å². The van der Waals surface area contributed by atoms with Crippen molar-refractivity contribution in [3.63, 3.8) is 0 Å². The van der Waals surface area contributed by atoms with Gasteiger partial charge in [0.05, 0.1) is 7.11 Å².